The van der Waals surface area contributed by atoms with Crippen molar-refractivity contribution in [1.29, 1.82) is 0 Å². The van der Waals surface area contributed by atoms with Gasteiger partial charge in [0.1, 0.15) is 0 Å². The predicted octanol–water partition coefficient (Wildman–Crippen LogP) is 4.32. The molecule has 136 valence electrons. The number of carbonyl (C=O) groups excluding carboxylic acids is 2. The van der Waals surface area contributed by atoms with E-state index >= 15 is 0 Å². The second-order valence-electron chi connectivity index (χ2n) is 4.82. The van der Waals surface area contributed by atoms with Crippen molar-refractivity contribution in [1.82, 2.24) is 15.2 Å². The van der Waals surface area contributed by atoms with E-state index in [4.69, 9.17) is 0 Å². The van der Waals surface area contributed by atoms with Gasteiger partial charge in [0.05, 0.1) is 22.7 Å². The predicted molar refractivity (Wildman–Crippen MR) is 110 cm³/mol. The minimum absolute atomic E-state index is 0.0940. The molecule has 0 aliphatic rings. The molecular weight excluding hydrogens is 429 g/mol. The van der Waals surface area contributed by atoms with Crippen LogP contribution in [-0.4, -0.2) is 38.4 Å². The number of thiophene rings is 1. The summed E-state index contributed by atoms with van der Waals surface area (Å²) in [5.74, 6) is 1.18. The molecule has 0 aromatic carbocycles. The third kappa shape index (κ3) is 5.61. The highest BCUT2D eigenvalue weighted by molar-refractivity contribution is 8.01. The molecule has 3 aromatic heterocycles. The Kier molecular flexibility index (Phi) is 7.20. The monoisotopic (exact) mass is 442 g/mol. The Morgan fingerprint density at radius 2 is 2.08 bits per heavy atom. The van der Waals surface area contributed by atoms with Crippen LogP contribution >= 0.6 is 57.5 Å². The third-order valence-electron chi connectivity index (χ3n) is 2.92. The zero-order valence-corrected chi connectivity index (χ0v) is 17.7. The molecule has 3 rings (SSSR count). The van der Waals surface area contributed by atoms with E-state index in [9.17, 15) is 9.59 Å². The number of hydrogen-bond acceptors (Lipinski definition) is 10. The molecule has 1 amide bonds. The summed E-state index contributed by atoms with van der Waals surface area (Å²) in [7, 11) is 0. The van der Waals surface area contributed by atoms with Crippen LogP contribution in [0, 0.1) is 0 Å². The van der Waals surface area contributed by atoms with Gasteiger partial charge in [-0.3, -0.25) is 9.59 Å². The summed E-state index contributed by atoms with van der Waals surface area (Å²) in [5, 5.41) is 14.9. The maximum Gasteiger partial charge on any atom is 0.232 e. The fraction of sp³-hybridized carbons (Fsp3) is 0.267. The Labute approximate surface area is 170 Å². The highest BCUT2D eigenvalue weighted by Crippen LogP contribution is 2.26. The summed E-state index contributed by atoms with van der Waals surface area (Å²) < 4.78 is 1.63. The fourth-order valence-electron chi connectivity index (χ4n) is 1.84. The van der Waals surface area contributed by atoms with Crippen molar-refractivity contribution in [2.45, 2.75) is 22.0 Å². The smallest absolute Gasteiger partial charge is 0.232 e. The number of rotatable bonds is 9. The molecule has 0 spiro atoms. The summed E-state index contributed by atoms with van der Waals surface area (Å²) in [5.41, 5.74) is 0.686. The van der Waals surface area contributed by atoms with Gasteiger partial charge in [-0.05, 0) is 17.2 Å². The lowest BCUT2D eigenvalue weighted by Gasteiger charge is -1.98. The Balaban J connectivity index is 1.48. The topological polar surface area (TPSA) is 84.8 Å². The molecule has 0 bridgehead atoms. The van der Waals surface area contributed by atoms with Gasteiger partial charge < -0.3 is 5.32 Å². The lowest BCUT2D eigenvalue weighted by Crippen LogP contribution is -2.14. The number of ketones is 1. The van der Waals surface area contributed by atoms with E-state index in [0.29, 0.717) is 16.6 Å². The van der Waals surface area contributed by atoms with Crippen LogP contribution in [0.3, 0.4) is 0 Å². The molecule has 0 atom stereocenters. The van der Waals surface area contributed by atoms with Crippen molar-refractivity contribution < 1.29 is 9.59 Å². The number of thioether (sulfide) groups is 2. The molecule has 0 saturated carbocycles. The van der Waals surface area contributed by atoms with Gasteiger partial charge in [-0.25, -0.2) is 4.98 Å². The van der Waals surface area contributed by atoms with Gasteiger partial charge >= 0.3 is 0 Å². The molecule has 0 radical (unpaired) electrons. The largest absolute Gasteiger partial charge is 0.300 e. The van der Waals surface area contributed by atoms with Crippen LogP contribution in [0.15, 0.2) is 31.6 Å². The second-order valence-corrected chi connectivity index (χ2v) is 10.3. The van der Waals surface area contributed by atoms with Gasteiger partial charge in [0.2, 0.25) is 11.0 Å². The highest BCUT2D eigenvalue weighted by atomic mass is 32.2. The van der Waals surface area contributed by atoms with Crippen molar-refractivity contribution in [2.24, 2.45) is 0 Å². The van der Waals surface area contributed by atoms with Crippen LogP contribution in [0.2, 0.25) is 0 Å². The van der Waals surface area contributed by atoms with Crippen LogP contribution in [0.5, 0.6) is 0 Å². The van der Waals surface area contributed by atoms with E-state index in [1.165, 1.54) is 45.8 Å². The summed E-state index contributed by atoms with van der Waals surface area (Å²) in [6.07, 6.45) is 0.172. The molecule has 0 saturated heterocycles. The van der Waals surface area contributed by atoms with Gasteiger partial charge in [-0.1, -0.05) is 47.9 Å². The van der Waals surface area contributed by atoms with Gasteiger partial charge in [-0.15, -0.1) is 32.9 Å². The van der Waals surface area contributed by atoms with Gasteiger partial charge in [0.25, 0.3) is 0 Å². The molecule has 0 unspecified atom stereocenters. The highest BCUT2D eigenvalue weighted by Gasteiger charge is 2.13. The first-order valence-electron chi connectivity index (χ1n) is 7.54. The van der Waals surface area contributed by atoms with Crippen LogP contribution in [0.4, 0.5) is 5.13 Å². The number of nitrogens with one attached hydrogen (secondary N) is 1. The minimum atomic E-state index is -0.175. The standard InChI is InChI=1S/C15H14N4O2S5/c1-2-22-15-19-18-13(26-15)17-12(21)6-9-7-24-14(16-9)25-8-10(20)11-4-3-5-23-11/h3-5,7H,2,6,8H2,1H3,(H,17,18,21). The molecule has 6 nitrogen and oxygen atoms in total. The van der Waals surface area contributed by atoms with Crippen molar-refractivity contribution >= 4 is 74.4 Å². The van der Waals surface area contributed by atoms with E-state index in [1.807, 2.05) is 29.8 Å². The molecule has 3 heterocycles. The molecule has 0 aliphatic heterocycles. The number of amides is 1. The maximum absolute atomic E-state index is 12.1. The van der Waals surface area contributed by atoms with Crippen LogP contribution in [0.25, 0.3) is 0 Å². The molecule has 26 heavy (non-hydrogen) atoms. The normalized spacial score (nSPS) is 10.8. The number of nitrogens with zero attached hydrogens (tertiary/aromatic N) is 3. The molecule has 0 aliphatic carbocycles. The first-order valence-corrected chi connectivity index (χ1v) is 12.1. The quantitative estimate of drug-likeness (QED) is 0.300. The SMILES string of the molecule is CCSc1nnc(NC(=O)Cc2csc(SCC(=O)c3cccs3)n2)s1. The van der Waals surface area contributed by atoms with Gasteiger partial charge in [0, 0.05) is 5.38 Å². The third-order valence-corrected chi connectivity index (χ3v) is 7.75. The number of hydrogen-bond donors (Lipinski definition) is 1. The number of anilines is 1. The molecule has 0 fully saturated rings. The van der Waals surface area contributed by atoms with E-state index in [1.54, 1.807) is 11.8 Å². The van der Waals surface area contributed by atoms with Crippen molar-refractivity contribution in [3.05, 3.63) is 33.5 Å². The summed E-state index contributed by atoms with van der Waals surface area (Å²) in [4.78, 5) is 29.3. The van der Waals surface area contributed by atoms with E-state index < -0.39 is 0 Å². The number of Topliss-reactive ketones (excluding diaryl/α,β-unsaturated/α-hetero) is 1. The van der Waals surface area contributed by atoms with E-state index in [-0.39, 0.29) is 18.1 Å². The molecular formula is C15H14N4O2S5. The molecule has 11 heteroatoms. The second kappa shape index (κ2) is 9.60. The first-order chi connectivity index (χ1) is 12.6. The van der Waals surface area contributed by atoms with Crippen molar-refractivity contribution in [3.63, 3.8) is 0 Å². The fourth-order valence-corrected chi connectivity index (χ4v) is 5.99. The Morgan fingerprint density at radius 3 is 2.85 bits per heavy atom. The minimum Gasteiger partial charge on any atom is -0.300 e. The van der Waals surface area contributed by atoms with Crippen molar-refractivity contribution in [2.75, 3.05) is 16.8 Å². The first kappa shape index (κ1) is 19.5. The number of carbonyl (C=O) groups is 2. The summed E-state index contributed by atoms with van der Waals surface area (Å²) >= 11 is 7.23. The summed E-state index contributed by atoms with van der Waals surface area (Å²) in [6, 6.07) is 3.69. The van der Waals surface area contributed by atoms with Crippen LogP contribution in [-0.2, 0) is 11.2 Å². The average molecular weight is 443 g/mol. The number of aromatic nitrogens is 3. The zero-order valence-electron chi connectivity index (χ0n) is 13.6. The van der Waals surface area contributed by atoms with E-state index in [2.05, 4.69) is 20.5 Å². The lowest BCUT2D eigenvalue weighted by atomic mass is 10.3. The average Bonchev–Trinajstić information content (AvgIpc) is 3.35. The molecule has 3 aromatic rings. The van der Waals surface area contributed by atoms with Crippen molar-refractivity contribution in [3.8, 4) is 0 Å². The zero-order chi connectivity index (χ0) is 18.4. The summed E-state index contributed by atoms with van der Waals surface area (Å²) in [6.45, 7) is 2.04. The Hall–Kier alpha value is -1.27. The Bertz CT molecular complexity index is 874. The Morgan fingerprint density at radius 1 is 1.19 bits per heavy atom. The van der Waals surface area contributed by atoms with Gasteiger partial charge in [0.15, 0.2) is 14.5 Å². The van der Waals surface area contributed by atoms with E-state index in [0.717, 1.165) is 19.3 Å². The van der Waals surface area contributed by atoms with Crippen LogP contribution < -0.4 is 5.32 Å². The maximum atomic E-state index is 12.1. The van der Waals surface area contributed by atoms with Crippen LogP contribution in [0.1, 0.15) is 22.3 Å². The lowest BCUT2D eigenvalue weighted by molar-refractivity contribution is -0.115. The number of thiazole rings is 1. The van der Waals surface area contributed by atoms with Gasteiger partial charge in [-0.2, -0.15) is 0 Å². The molecule has 1 N–H and O–H groups in total.